The molecule has 88 valence electrons. The van der Waals surface area contributed by atoms with Gasteiger partial charge in [0.1, 0.15) is 0 Å². The standard InChI is InChI=1S/C14H17N3/c1-9-4-5-10(2)14(6-9)17-8-12-11(3)15-7-13(12)16-17/h4-6,8,11,15H,7H2,1-3H3. The minimum Gasteiger partial charge on any atom is -0.304 e. The fourth-order valence-corrected chi connectivity index (χ4v) is 2.37. The highest BCUT2D eigenvalue weighted by atomic mass is 15.3. The lowest BCUT2D eigenvalue weighted by molar-refractivity contribution is 0.617. The number of benzene rings is 1. The van der Waals surface area contributed by atoms with E-state index in [9.17, 15) is 0 Å². The van der Waals surface area contributed by atoms with Gasteiger partial charge >= 0.3 is 0 Å². The molecular weight excluding hydrogens is 210 g/mol. The minimum absolute atomic E-state index is 0.420. The van der Waals surface area contributed by atoms with Crippen LogP contribution in [0.4, 0.5) is 0 Å². The van der Waals surface area contributed by atoms with Crippen molar-refractivity contribution in [1.82, 2.24) is 15.1 Å². The number of aryl methyl sites for hydroxylation is 2. The van der Waals surface area contributed by atoms with E-state index >= 15 is 0 Å². The lowest BCUT2D eigenvalue weighted by Crippen LogP contribution is -2.10. The van der Waals surface area contributed by atoms with E-state index in [0.29, 0.717) is 6.04 Å². The molecule has 1 unspecified atom stereocenters. The third-order valence-electron chi connectivity index (χ3n) is 3.48. The Morgan fingerprint density at radius 2 is 2.18 bits per heavy atom. The number of nitrogens with zero attached hydrogens (tertiary/aromatic N) is 2. The molecule has 0 saturated heterocycles. The molecule has 3 rings (SSSR count). The highest BCUT2D eigenvalue weighted by Gasteiger charge is 2.22. The maximum atomic E-state index is 4.67. The van der Waals surface area contributed by atoms with Crippen molar-refractivity contribution < 1.29 is 0 Å². The molecule has 3 heteroatoms. The summed E-state index contributed by atoms with van der Waals surface area (Å²) in [6.07, 6.45) is 2.15. The van der Waals surface area contributed by atoms with Crippen LogP contribution in [-0.4, -0.2) is 9.78 Å². The number of aromatic nitrogens is 2. The molecule has 1 N–H and O–H groups in total. The molecule has 1 atom stereocenters. The number of hydrogen-bond acceptors (Lipinski definition) is 2. The highest BCUT2D eigenvalue weighted by Crippen LogP contribution is 2.25. The molecule has 2 aromatic rings. The Kier molecular flexibility index (Phi) is 2.30. The maximum Gasteiger partial charge on any atom is 0.0814 e. The topological polar surface area (TPSA) is 29.9 Å². The van der Waals surface area contributed by atoms with Crippen LogP contribution in [0, 0.1) is 13.8 Å². The van der Waals surface area contributed by atoms with Gasteiger partial charge < -0.3 is 5.32 Å². The zero-order valence-electron chi connectivity index (χ0n) is 10.5. The first-order valence-corrected chi connectivity index (χ1v) is 6.04. The van der Waals surface area contributed by atoms with Crippen LogP contribution in [0.25, 0.3) is 5.69 Å². The second-order valence-corrected chi connectivity index (χ2v) is 4.87. The van der Waals surface area contributed by atoms with E-state index in [4.69, 9.17) is 0 Å². The van der Waals surface area contributed by atoms with E-state index in [-0.39, 0.29) is 0 Å². The van der Waals surface area contributed by atoms with Gasteiger partial charge in [-0.2, -0.15) is 5.10 Å². The van der Waals surface area contributed by atoms with Crippen LogP contribution in [0.3, 0.4) is 0 Å². The molecule has 2 heterocycles. The number of hydrogen-bond donors (Lipinski definition) is 1. The number of fused-ring (bicyclic) bond motifs is 1. The molecule has 17 heavy (non-hydrogen) atoms. The Bertz CT molecular complexity index is 569. The van der Waals surface area contributed by atoms with E-state index in [1.54, 1.807) is 0 Å². The number of rotatable bonds is 1. The Morgan fingerprint density at radius 1 is 1.35 bits per heavy atom. The van der Waals surface area contributed by atoms with Crippen molar-refractivity contribution in [1.29, 1.82) is 0 Å². The van der Waals surface area contributed by atoms with E-state index in [1.165, 1.54) is 28.1 Å². The van der Waals surface area contributed by atoms with Crippen LogP contribution in [0.15, 0.2) is 24.4 Å². The predicted octanol–water partition coefficient (Wildman–Crippen LogP) is 2.65. The third-order valence-corrected chi connectivity index (χ3v) is 3.48. The van der Waals surface area contributed by atoms with Crippen LogP contribution >= 0.6 is 0 Å². The van der Waals surface area contributed by atoms with E-state index in [2.05, 4.69) is 55.6 Å². The normalized spacial score (nSPS) is 18.4. The summed E-state index contributed by atoms with van der Waals surface area (Å²) in [5, 5.41) is 8.06. The summed E-state index contributed by atoms with van der Waals surface area (Å²) in [5.41, 5.74) is 6.22. The quantitative estimate of drug-likeness (QED) is 0.811. The average molecular weight is 227 g/mol. The van der Waals surface area contributed by atoms with Crippen molar-refractivity contribution in [3.8, 4) is 5.69 Å². The molecule has 1 aliphatic heterocycles. The lowest BCUT2D eigenvalue weighted by Gasteiger charge is -2.08. The second-order valence-electron chi connectivity index (χ2n) is 4.87. The van der Waals surface area contributed by atoms with Crippen LogP contribution in [0.2, 0.25) is 0 Å². The smallest absolute Gasteiger partial charge is 0.0814 e. The van der Waals surface area contributed by atoms with Gasteiger partial charge in [0.15, 0.2) is 0 Å². The fourth-order valence-electron chi connectivity index (χ4n) is 2.37. The van der Waals surface area contributed by atoms with Gasteiger partial charge in [0, 0.05) is 24.3 Å². The summed E-state index contributed by atoms with van der Waals surface area (Å²) in [6, 6.07) is 6.90. The molecule has 1 aromatic heterocycles. The van der Waals surface area contributed by atoms with E-state index in [1.807, 2.05) is 4.68 Å². The molecule has 0 spiro atoms. The molecule has 0 fully saturated rings. The summed E-state index contributed by atoms with van der Waals surface area (Å²) >= 11 is 0. The van der Waals surface area contributed by atoms with Gasteiger partial charge in [0.25, 0.3) is 0 Å². The second kappa shape index (κ2) is 3.70. The minimum atomic E-state index is 0.420. The molecule has 1 aromatic carbocycles. The predicted molar refractivity (Wildman–Crippen MR) is 68.3 cm³/mol. The molecular formula is C14H17N3. The fraction of sp³-hybridized carbons (Fsp3) is 0.357. The van der Waals surface area contributed by atoms with Crippen LogP contribution < -0.4 is 5.32 Å². The van der Waals surface area contributed by atoms with Gasteiger partial charge in [-0.1, -0.05) is 12.1 Å². The Labute approximate surface area is 101 Å². The van der Waals surface area contributed by atoms with Gasteiger partial charge in [0.2, 0.25) is 0 Å². The number of nitrogens with one attached hydrogen (secondary N) is 1. The first-order valence-electron chi connectivity index (χ1n) is 6.04. The first kappa shape index (κ1) is 10.5. The van der Waals surface area contributed by atoms with E-state index in [0.717, 1.165) is 6.54 Å². The Hall–Kier alpha value is -1.61. The van der Waals surface area contributed by atoms with Gasteiger partial charge in [-0.25, -0.2) is 4.68 Å². The van der Waals surface area contributed by atoms with Crippen LogP contribution in [0.5, 0.6) is 0 Å². The van der Waals surface area contributed by atoms with Gasteiger partial charge in [-0.3, -0.25) is 0 Å². The van der Waals surface area contributed by atoms with Crippen molar-refractivity contribution in [3.05, 3.63) is 46.8 Å². The third kappa shape index (κ3) is 1.67. The molecule has 3 nitrogen and oxygen atoms in total. The summed E-state index contributed by atoms with van der Waals surface area (Å²) in [7, 11) is 0. The SMILES string of the molecule is Cc1ccc(C)c(-n2cc3c(n2)CNC3C)c1. The zero-order chi connectivity index (χ0) is 12.0. The largest absolute Gasteiger partial charge is 0.304 e. The Balaban J connectivity index is 2.10. The summed E-state index contributed by atoms with van der Waals surface area (Å²) < 4.78 is 2.02. The molecule has 0 radical (unpaired) electrons. The van der Waals surface area contributed by atoms with Gasteiger partial charge in [-0.05, 0) is 38.0 Å². The summed E-state index contributed by atoms with van der Waals surface area (Å²) in [5.74, 6) is 0. The molecule has 0 saturated carbocycles. The van der Waals surface area contributed by atoms with Crippen molar-refractivity contribution in [2.24, 2.45) is 0 Å². The first-order chi connectivity index (χ1) is 8.15. The lowest BCUT2D eigenvalue weighted by atomic mass is 10.1. The van der Waals surface area contributed by atoms with Crippen molar-refractivity contribution in [2.45, 2.75) is 33.4 Å². The highest BCUT2D eigenvalue weighted by molar-refractivity contribution is 5.43. The molecule has 0 amide bonds. The van der Waals surface area contributed by atoms with Gasteiger partial charge in [0.05, 0.1) is 11.4 Å². The maximum absolute atomic E-state index is 4.67. The average Bonchev–Trinajstić information content (AvgIpc) is 2.85. The van der Waals surface area contributed by atoms with E-state index < -0.39 is 0 Å². The monoisotopic (exact) mass is 227 g/mol. The van der Waals surface area contributed by atoms with Crippen molar-refractivity contribution in [3.63, 3.8) is 0 Å². The van der Waals surface area contributed by atoms with Gasteiger partial charge in [-0.15, -0.1) is 0 Å². The summed E-state index contributed by atoms with van der Waals surface area (Å²) in [4.78, 5) is 0. The molecule has 0 aliphatic carbocycles. The molecule has 1 aliphatic rings. The molecule has 0 bridgehead atoms. The van der Waals surface area contributed by atoms with Crippen LogP contribution in [0.1, 0.15) is 35.3 Å². The Morgan fingerprint density at radius 3 is 2.94 bits per heavy atom. The summed E-state index contributed by atoms with van der Waals surface area (Å²) in [6.45, 7) is 7.31. The van der Waals surface area contributed by atoms with Crippen LogP contribution in [-0.2, 0) is 6.54 Å². The zero-order valence-corrected chi connectivity index (χ0v) is 10.5. The van der Waals surface area contributed by atoms with Crippen molar-refractivity contribution >= 4 is 0 Å². The van der Waals surface area contributed by atoms with Crippen molar-refractivity contribution in [2.75, 3.05) is 0 Å².